The Bertz CT molecular complexity index is 470. The fourth-order valence-electron chi connectivity index (χ4n) is 2.48. The predicted molar refractivity (Wildman–Crippen MR) is 78.9 cm³/mol. The number of anilines is 2. The minimum absolute atomic E-state index is 0.0162. The molecule has 2 rings (SSSR count). The standard InChI is InChI=1S/C14H22N4O2/c1-2-18-7-5-10(6-8-18)9-16-13-11(15)3-4-12(17-13)14(19)20/h3-4,10H,2,5-9,15H2,1H3,(H,16,17)(H,19,20). The minimum Gasteiger partial charge on any atom is -0.477 e. The molecule has 0 amide bonds. The second-order valence-electron chi connectivity index (χ2n) is 5.20. The number of aromatic carboxylic acids is 1. The number of carbonyl (C=O) groups is 1. The average Bonchev–Trinajstić information content (AvgIpc) is 2.46. The first kappa shape index (κ1) is 14.6. The number of carboxylic acids is 1. The number of rotatable bonds is 5. The Kier molecular flexibility index (Phi) is 4.79. The maximum Gasteiger partial charge on any atom is 0.354 e. The smallest absolute Gasteiger partial charge is 0.354 e. The fraction of sp³-hybridized carbons (Fsp3) is 0.571. The van der Waals surface area contributed by atoms with Gasteiger partial charge in [0.25, 0.3) is 0 Å². The molecule has 0 radical (unpaired) electrons. The van der Waals surface area contributed by atoms with Gasteiger partial charge >= 0.3 is 5.97 Å². The summed E-state index contributed by atoms with van der Waals surface area (Å²) in [5, 5.41) is 12.1. The Balaban J connectivity index is 1.91. The van der Waals surface area contributed by atoms with Crippen LogP contribution in [0.1, 0.15) is 30.3 Å². The van der Waals surface area contributed by atoms with Crippen molar-refractivity contribution in [2.24, 2.45) is 5.92 Å². The molecule has 1 aliphatic heterocycles. The minimum atomic E-state index is -1.04. The summed E-state index contributed by atoms with van der Waals surface area (Å²) in [6.45, 7) is 6.33. The molecular weight excluding hydrogens is 256 g/mol. The Morgan fingerprint density at radius 3 is 2.80 bits per heavy atom. The number of aromatic nitrogens is 1. The first-order chi connectivity index (χ1) is 9.60. The van der Waals surface area contributed by atoms with Gasteiger partial charge in [-0.15, -0.1) is 0 Å². The van der Waals surface area contributed by atoms with Crippen molar-refractivity contribution in [3.63, 3.8) is 0 Å². The molecular formula is C14H22N4O2. The molecule has 4 N–H and O–H groups in total. The normalized spacial score (nSPS) is 17.1. The Morgan fingerprint density at radius 1 is 1.50 bits per heavy atom. The van der Waals surface area contributed by atoms with Crippen LogP contribution in [0.15, 0.2) is 12.1 Å². The lowest BCUT2D eigenvalue weighted by atomic mass is 9.97. The van der Waals surface area contributed by atoms with Crippen LogP contribution in [0.2, 0.25) is 0 Å². The molecule has 0 aromatic carbocycles. The molecule has 110 valence electrons. The molecule has 1 aromatic heterocycles. The maximum atomic E-state index is 10.9. The third-order valence-electron chi connectivity index (χ3n) is 3.86. The molecule has 2 heterocycles. The zero-order valence-electron chi connectivity index (χ0n) is 11.8. The number of carboxylic acid groups (broad SMARTS) is 1. The van der Waals surface area contributed by atoms with E-state index in [-0.39, 0.29) is 5.69 Å². The van der Waals surface area contributed by atoms with Crippen LogP contribution in [-0.4, -0.2) is 47.1 Å². The first-order valence-electron chi connectivity index (χ1n) is 7.06. The van der Waals surface area contributed by atoms with E-state index in [0.717, 1.165) is 39.0 Å². The van der Waals surface area contributed by atoms with Gasteiger partial charge in [-0.1, -0.05) is 6.92 Å². The third kappa shape index (κ3) is 3.60. The summed E-state index contributed by atoms with van der Waals surface area (Å²) in [5.74, 6) is 0.0274. The summed E-state index contributed by atoms with van der Waals surface area (Å²) in [7, 11) is 0. The van der Waals surface area contributed by atoms with E-state index in [2.05, 4.69) is 22.1 Å². The van der Waals surface area contributed by atoms with Crippen LogP contribution in [0.3, 0.4) is 0 Å². The molecule has 0 unspecified atom stereocenters. The molecule has 1 aliphatic rings. The van der Waals surface area contributed by atoms with E-state index in [4.69, 9.17) is 10.8 Å². The van der Waals surface area contributed by atoms with Gasteiger partial charge in [0.15, 0.2) is 5.69 Å². The van der Waals surface area contributed by atoms with E-state index in [9.17, 15) is 4.79 Å². The van der Waals surface area contributed by atoms with Gasteiger partial charge in [0.2, 0.25) is 0 Å². The SMILES string of the molecule is CCN1CCC(CNc2nc(C(=O)O)ccc2N)CC1. The number of hydrogen-bond donors (Lipinski definition) is 3. The van der Waals surface area contributed by atoms with E-state index in [1.165, 1.54) is 6.07 Å². The highest BCUT2D eigenvalue weighted by Crippen LogP contribution is 2.20. The lowest BCUT2D eigenvalue weighted by molar-refractivity contribution is 0.0690. The van der Waals surface area contributed by atoms with E-state index in [1.54, 1.807) is 6.07 Å². The van der Waals surface area contributed by atoms with Gasteiger partial charge in [-0.05, 0) is 50.5 Å². The number of nitrogens with zero attached hydrogens (tertiary/aromatic N) is 2. The van der Waals surface area contributed by atoms with E-state index >= 15 is 0 Å². The highest BCUT2D eigenvalue weighted by molar-refractivity contribution is 5.86. The number of nitrogens with two attached hydrogens (primary N) is 1. The van der Waals surface area contributed by atoms with Gasteiger partial charge in [-0.25, -0.2) is 9.78 Å². The van der Waals surface area contributed by atoms with Crippen LogP contribution in [0.5, 0.6) is 0 Å². The molecule has 6 heteroatoms. The van der Waals surface area contributed by atoms with Gasteiger partial charge in [0.1, 0.15) is 5.82 Å². The number of nitrogens with one attached hydrogen (secondary N) is 1. The topological polar surface area (TPSA) is 91.5 Å². The summed E-state index contributed by atoms with van der Waals surface area (Å²) in [6.07, 6.45) is 2.30. The van der Waals surface area contributed by atoms with E-state index in [0.29, 0.717) is 17.4 Å². The zero-order chi connectivity index (χ0) is 14.5. The molecule has 0 atom stereocenters. The quantitative estimate of drug-likeness (QED) is 0.756. The number of piperidine rings is 1. The van der Waals surface area contributed by atoms with Crippen LogP contribution in [0, 0.1) is 5.92 Å². The van der Waals surface area contributed by atoms with Crippen LogP contribution >= 0.6 is 0 Å². The summed E-state index contributed by atoms with van der Waals surface area (Å²) in [6, 6.07) is 3.00. The van der Waals surface area contributed by atoms with Gasteiger partial charge in [-0.2, -0.15) is 0 Å². The zero-order valence-corrected chi connectivity index (χ0v) is 11.8. The Morgan fingerprint density at radius 2 is 2.20 bits per heavy atom. The predicted octanol–water partition coefficient (Wildman–Crippen LogP) is 1.51. The van der Waals surface area contributed by atoms with Crippen molar-refractivity contribution >= 4 is 17.5 Å². The molecule has 0 spiro atoms. The fourth-order valence-corrected chi connectivity index (χ4v) is 2.48. The summed E-state index contributed by atoms with van der Waals surface area (Å²) in [5.41, 5.74) is 6.33. The van der Waals surface area contributed by atoms with Crippen molar-refractivity contribution in [2.45, 2.75) is 19.8 Å². The second-order valence-corrected chi connectivity index (χ2v) is 5.20. The van der Waals surface area contributed by atoms with Crippen LogP contribution in [-0.2, 0) is 0 Å². The van der Waals surface area contributed by atoms with E-state index < -0.39 is 5.97 Å². The molecule has 20 heavy (non-hydrogen) atoms. The number of pyridine rings is 1. The molecule has 0 bridgehead atoms. The maximum absolute atomic E-state index is 10.9. The highest BCUT2D eigenvalue weighted by Gasteiger charge is 2.18. The van der Waals surface area contributed by atoms with Crippen molar-refractivity contribution in [3.05, 3.63) is 17.8 Å². The van der Waals surface area contributed by atoms with Crippen LogP contribution in [0.25, 0.3) is 0 Å². The second kappa shape index (κ2) is 6.56. The van der Waals surface area contributed by atoms with Gasteiger partial charge in [0, 0.05) is 6.54 Å². The van der Waals surface area contributed by atoms with Crippen molar-refractivity contribution in [1.29, 1.82) is 0 Å². The van der Waals surface area contributed by atoms with Gasteiger partial charge in [-0.3, -0.25) is 0 Å². The Hall–Kier alpha value is -1.82. The van der Waals surface area contributed by atoms with Gasteiger partial charge < -0.3 is 21.1 Å². The number of hydrogen-bond acceptors (Lipinski definition) is 5. The highest BCUT2D eigenvalue weighted by atomic mass is 16.4. The molecule has 0 saturated carbocycles. The molecule has 1 fully saturated rings. The summed E-state index contributed by atoms with van der Waals surface area (Å²) in [4.78, 5) is 17.4. The monoisotopic (exact) mass is 278 g/mol. The van der Waals surface area contributed by atoms with Crippen LogP contribution in [0.4, 0.5) is 11.5 Å². The first-order valence-corrected chi connectivity index (χ1v) is 7.06. The molecule has 6 nitrogen and oxygen atoms in total. The molecule has 1 aromatic rings. The Labute approximate surface area is 119 Å². The number of nitrogen functional groups attached to an aromatic ring is 1. The summed E-state index contributed by atoms with van der Waals surface area (Å²) < 4.78 is 0. The van der Waals surface area contributed by atoms with E-state index in [1.807, 2.05) is 0 Å². The van der Waals surface area contributed by atoms with Crippen molar-refractivity contribution in [1.82, 2.24) is 9.88 Å². The van der Waals surface area contributed by atoms with Gasteiger partial charge in [0.05, 0.1) is 5.69 Å². The average molecular weight is 278 g/mol. The van der Waals surface area contributed by atoms with Crippen molar-refractivity contribution in [2.75, 3.05) is 37.2 Å². The molecule has 1 saturated heterocycles. The molecule has 0 aliphatic carbocycles. The lowest BCUT2D eigenvalue weighted by Gasteiger charge is -2.31. The third-order valence-corrected chi connectivity index (χ3v) is 3.86. The van der Waals surface area contributed by atoms with Crippen molar-refractivity contribution < 1.29 is 9.90 Å². The number of likely N-dealkylation sites (tertiary alicyclic amines) is 1. The largest absolute Gasteiger partial charge is 0.477 e. The van der Waals surface area contributed by atoms with Crippen LogP contribution < -0.4 is 11.1 Å². The lowest BCUT2D eigenvalue weighted by Crippen LogP contribution is -2.35. The van der Waals surface area contributed by atoms with Crippen molar-refractivity contribution in [3.8, 4) is 0 Å². The summed E-state index contributed by atoms with van der Waals surface area (Å²) >= 11 is 0.